The van der Waals surface area contributed by atoms with E-state index in [1.165, 1.54) is 0 Å². The molecule has 0 saturated heterocycles. The minimum Gasteiger partial charge on any atom is -0.383 e. The Morgan fingerprint density at radius 3 is 2.70 bits per heavy atom. The fourth-order valence-corrected chi connectivity index (χ4v) is 1.67. The zero-order valence-electron chi connectivity index (χ0n) is 13.1. The van der Waals surface area contributed by atoms with E-state index in [2.05, 4.69) is 34.6 Å². The maximum atomic E-state index is 10.5. The maximum Gasteiger partial charge on any atom is 0.191 e. The van der Waals surface area contributed by atoms with Crippen LogP contribution in [0.5, 0.6) is 0 Å². The molecule has 6 nitrogen and oxygen atoms in total. The Bertz CT molecular complexity index is 437. The second-order valence-electron chi connectivity index (χ2n) is 5.65. The summed E-state index contributed by atoms with van der Waals surface area (Å²) in [6, 6.07) is 0. The number of aliphatic hydroxyl groups is 1. The third kappa shape index (κ3) is 5.21. The van der Waals surface area contributed by atoms with Crippen LogP contribution < -0.4 is 10.6 Å². The third-order valence-electron chi connectivity index (χ3n) is 2.89. The van der Waals surface area contributed by atoms with Crippen LogP contribution >= 0.6 is 0 Å². The van der Waals surface area contributed by atoms with Crippen molar-refractivity contribution in [1.29, 1.82) is 0 Å². The molecule has 1 aromatic heterocycles. The van der Waals surface area contributed by atoms with Crippen molar-refractivity contribution in [2.75, 3.05) is 19.6 Å². The van der Waals surface area contributed by atoms with Gasteiger partial charge < -0.3 is 15.7 Å². The van der Waals surface area contributed by atoms with Crippen molar-refractivity contribution in [3.63, 3.8) is 0 Å². The molecule has 3 N–H and O–H groups in total. The molecule has 0 aromatic carbocycles. The van der Waals surface area contributed by atoms with E-state index in [-0.39, 0.29) is 6.54 Å². The molecule has 0 bridgehead atoms. The number of aliphatic imine (C=N–C) groups is 1. The SMILES string of the molecule is CCNC(=NCC(C)(O)c1cnn(C)c1)NCC(C)C. The van der Waals surface area contributed by atoms with Crippen LogP contribution in [0.2, 0.25) is 0 Å². The van der Waals surface area contributed by atoms with Crippen molar-refractivity contribution in [2.24, 2.45) is 18.0 Å². The van der Waals surface area contributed by atoms with Gasteiger partial charge in [0.05, 0.1) is 12.7 Å². The van der Waals surface area contributed by atoms with Gasteiger partial charge in [-0.2, -0.15) is 5.10 Å². The molecule has 1 heterocycles. The summed E-state index contributed by atoms with van der Waals surface area (Å²) < 4.78 is 1.68. The molecule has 0 aliphatic heterocycles. The van der Waals surface area contributed by atoms with Crippen LogP contribution in [0.25, 0.3) is 0 Å². The van der Waals surface area contributed by atoms with Gasteiger partial charge in [0.15, 0.2) is 5.96 Å². The van der Waals surface area contributed by atoms with Gasteiger partial charge in [-0.3, -0.25) is 4.68 Å². The second kappa shape index (κ2) is 7.28. The lowest BCUT2D eigenvalue weighted by Crippen LogP contribution is -2.40. The van der Waals surface area contributed by atoms with E-state index in [1.807, 2.05) is 20.2 Å². The summed E-state index contributed by atoms with van der Waals surface area (Å²) in [6.07, 6.45) is 3.48. The van der Waals surface area contributed by atoms with Crippen molar-refractivity contribution >= 4 is 5.96 Å². The second-order valence-corrected chi connectivity index (χ2v) is 5.65. The summed E-state index contributed by atoms with van der Waals surface area (Å²) >= 11 is 0. The molecule has 0 radical (unpaired) electrons. The lowest BCUT2D eigenvalue weighted by molar-refractivity contribution is 0.0672. The number of rotatable bonds is 6. The minimum absolute atomic E-state index is 0.284. The van der Waals surface area contributed by atoms with Gasteiger partial charge in [0, 0.05) is 31.9 Å². The summed E-state index contributed by atoms with van der Waals surface area (Å²) in [5.41, 5.74) is -0.252. The Labute approximate surface area is 121 Å². The third-order valence-corrected chi connectivity index (χ3v) is 2.89. The Hall–Kier alpha value is -1.56. The quantitative estimate of drug-likeness (QED) is 0.533. The van der Waals surface area contributed by atoms with E-state index >= 15 is 0 Å². The normalized spacial score (nSPS) is 15.2. The molecule has 20 heavy (non-hydrogen) atoms. The fraction of sp³-hybridized carbons (Fsp3) is 0.714. The minimum atomic E-state index is -1.02. The van der Waals surface area contributed by atoms with Gasteiger partial charge in [0.1, 0.15) is 5.60 Å². The molecular weight excluding hydrogens is 254 g/mol. The molecule has 1 unspecified atom stereocenters. The number of aryl methyl sites for hydroxylation is 1. The predicted molar refractivity (Wildman–Crippen MR) is 81.6 cm³/mol. The van der Waals surface area contributed by atoms with Crippen LogP contribution in [-0.4, -0.2) is 40.5 Å². The van der Waals surface area contributed by atoms with Crippen LogP contribution in [0.4, 0.5) is 0 Å². The summed E-state index contributed by atoms with van der Waals surface area (Å²) in [5, 5.41) is 21.0. The first-order valence-corrected chi connectivity index (χ1v) is 7.09. The van der Waals surface area contributed by atoms with E-state index in [0.717, 1.165) is 24.6 Å². The van der Waals surface area contributed by atoms with Crippen LogP contribution in [0.15, 0.2) is 17.4 Å². The first-order chi connectivity index (χ1) is 9.35. The number of guanidine groups is 1. The molecule has 6 heteroatoms. The number of nitrogens with zero attached hydrogens (tertiary/aromatic N) is 3. The van der Waals surface area contributed by atoms with Gasteiger partial charge >= 0.3 is 0 Å². The zero-order chi connectivity index (χ0) is 15.2. The highest BCUT2D eigenvalue weighted by Gasteiger charge is 2.24. The average molecular weight is 281 g/mol. The molecule has 0 saturated carbocycles. The van der Waals surface area contributed by atoms with Gasteiger partial charge in [-0.25, -0.2) is 4.99 Å². The molecule has 1 aromatic rings. The molecule has 0 amide bonds. The van der Waals surface area contributed by atoms with E-state index in [4.69, 9.17) is 0 Å². The van der Waals surface area contributed by atoms with E-state index in [1.54, 1.807) is 17.8 Å². The van der Waals surface area contributed by atoms with E-state index in [0.29, 0.717) is 5.92 Å². The fourth-order valence-electron chi connectivity index (χ4n) is 1.67. The van der Waals surface area contributed by atoms with Gasteiger partial charge in [0.2, 0.25) is 0 Å². The molecular formula is C14H27N5O. The van der Waals surface area contributed by atoms with Crippen molar-refractivity contribution in [2.45, 2.75) is 33.3 Å². The first kappa shape index (κ1) is 16.5. The number of hydrogen-bond donors (Lipinski definition) is 3. The molecule has 1 rings (SSSR count). The standard InChI is InChI=1S/C14H27N5O/c1-6-15-13(16-7-11(2)3)17-10-14(4,20)12-8-18-19(5)9-12/h8-9,11,20H,6-7,10H2,1-5H3,(H2,15,16,17). The summed E-state index contributed by atoms with van der Waals surface area (Å²) in [7, 11) is 1.83. The predicted octanol–water partition coefficient (Wildman–Crippen LogP) is 0.839. The van der Waals surface area contributed by atoms with Crippen molar-refractivity contribution < 1.29 is 5.11 Å². The van der Waals surface area contributed by atoms with Crippen LogP contribution in [0.3, 0.4) is 0 Å². The number of nitrogens with one attached hydrogen (secondary N) is 2. The largest absolute Gasteiger partial charge is 0.383 e. The van der Waals surface area contributed by atoms with Crippen molar-refractivity contribution in [1.82, 2.24) is 20.4 Å². The zero-order valence-corrected chi connectivity index (χ0v) is 13.1. The molecule has 0 aliphatic carbocycles. The molecule has 1 atom stereocenters. The summed E-state index contributed by atoms with van der Waals surface area (Å²) in [5.74, 6) is 1.27. The maximum absolute atomic E-state index is 10.5. The van der Waals surface area contributed by atoms with Gasteiger partial charge in [0.25, 0.3) is 0 Å². The lowest BCUT2D eigenvalue weighted by atomic mass is 10.0. The summed E-state index contributed by atoms with van der Waals surface area (Å²) in [6.45, 7) is 9.97. The Kier molecular flexibility index (Phi) is 6.01. The molecule has 0 spiro atoms. The molecule has 114 valence electrons. The molecule has 0 fully saturated rings. The lowest BCUT2D eigenvalue weighted by Gasteiger charge is -2.21. The highest BCUT2D eigenvalue weighted by Crippen LogP contribution is 2.19. The Balaban J connectivity index is 2.69. The highest BCUT2D eigenvalue weighted by atomic mass is 16.3. The van der Waals surface area contributed by atoms with E-state index in [9.17, 15) is 5.11 Å². The van der Waals surface area contributed by atoms with Crippen LogP contribution in [0.1, 0.15) is 33.3 Å². The van der Waals surface area contributed by atoms with Gasteiger partial charge in [-0.1, -0.05) is 13.8 Å². The van der Waals surface area contributed by atoms with E-state index < -0.39 is 5.60 Å². The smallest absolute Gasteiger partial charge is 0.191 e. The Morgan fingerprint density at radius 1 is 1.50 bits per heavy atom. The van der Waals surface area contributed by atoms with Crippen LogP contribution in [-0.2, 0) is 12.6 Å². The van der Waals surface area contributed by atoms with Crippen molar-refractivity contribution in [3.05, 3.63) is 18.0 Å². The van der Waals surface area contributed by atoms with Crippen molar-refractivity contribution in [3.8, 4) is 0 Å². The number of hydrogen-bond acceptors (Lipinski definition) is 3. The monoisotopic (exact) mass is 281 g/mol. The molecule has 0 aliphatic rings. The topological polar surface area (TPSA) is 74.5 Å². The summed E-state index contributed by atoms with van der Waals surface area (Å²) in [4.78, 5) is 4.45. The van der Waals surface area contributed by atoms with Crippen LogP contribution in [0, 0.1) is 5.92 Å². The average Bonchev–Trinajstić information content (AvgIpc) is 2.80. The first-order valence-electron chi connectivity index (χ1n) is 7.09. The highest BCUT2D eigenvalue weighted by molar-refractivity contribution is 5.79. The number of aromatic nitrogens is 2. The van der Waals surface area contributed by atoms with Gasteiger partial charge in [-0.15, -0.1) is 0 Å². The Morgan fingerprint density at radius 2 is 2.20 bits per heavy atom. The van der Waals surface area contributed by atoms with Gasteiger partial charge in [-0.05, 0) is 19.8 Å².